The van der Waals surface area contributed by atoms with E-state index in [4.69, 9.17) is 9.47 Å². The molecule has 272 valence electrons. The number of rotatable bonds is 34. The maximum Gasteiger partial charge on any atom is 0.305 e. The van der Waals surface area contributed by atoms with Crippen molar-refractivity contribution in [2.24, 2.45) is 0 Å². The molecule has 0 spiro atoms. The van der Waals surface area contributed by atoms with Gasteiger partial charge in [0, 0.05) is 12.8 Å². The molecular formula is C41H72O6. The minimum absolute atomic E-state index is 0.143. The fourth-order valence-electron chi connectivity index (χ4n) is 5.19. The Hall–Kier alpha value is -2.18. The highest BCUT2D eigenvalue weighted by atomic mass is 16.6. The summed E-state index contributed by atoms with van der Waals surface area (Å²) in [6.45, 7) is 4.12. The van der Waals surface area contributed by atoms with Crippen molar-refractivity contribution in [1.29, 1.82) is 0 Å². The fraction of sp³-hybridized carbons (Fsp3) is 0.756. The van der Waals surface area contributed by atoms with Gasteiger partial charge in [-0.1, -0.05) is 172 Å². The molecule has 0 fully saturated rings. The standard InChI is InChI=1S/C41H72O6/c1-3-5-7-8-9-10-11-12-13-14-17-20-23-26-30-34-40(44)46-36-39(43)37-47-41(45)35-31-27-24-21-18-15-16-19-22-25-29-33-38(42)32-28-6-4-2/h15-16,21-22,24-25,29,33,38-39,42-43H,3-14,17-20,23,26-28,30-32,34-37H2,1-2H3/b16-15-,24-21-,25-22-,33-29+/t38-,39-/m1/s1. The predicted molar refractivity (Wildman–Crippen MR) is 197 cm³/mol. The van der Waals surface area contributed by atoms with E-state index in [1.807, 2.05) is 18.2 Å². The molecule has 6 nitrogen and oxygen atoms in total. The van der Waals surface area contributed by atoms with Crippen molar-refractivity contribution in [1.82, 2.24) is 0 Å². The summed E-state index contributed by atoms with van der Waals surface area (Å²) >= 11 is 0. The van der Waals surface area contributed by atoms with Crippen LogP contribution in [0.1, 0.15) is 174 Å². The number of unbranched alkanes of at least 4 members (excludes halogenated alkanes) is 17. The van der Waals surface area contributed by atoms with Gasteiger partial charge in [-0.05, 0) is 38.5 Å². The van der Waals surface area contributed by atoms with Gasteiger partial charge in [0.05, 0.1) is 6.10 Å². The molecule has 0 amide bonds. The van der Waals surface area contributed by atoms with E-state index in [1.54, 1.807) is 0 Å². The summed E-state index contributed by atoms with van der Waals surface area (Å²) in [5.41, 5.74) is 0. The number of carbonyl (C=O) groups excluding carboxylic acids is 2. The van der Waals surface area contributed by atoms with Gasteiger partial charge in [-0.25, -0.2) is 0 Å². The van der Waals surface area contributed by atoms with Crippen LogP contribution in [0, 0.1) is 0 Å². The Morgan fingerprint density at radius 2 is 0.979 bits per heavy atom. The first-order valence-corrected chi connectivity index (χ1v) is 19.3. The number of aliphatic hydroxyl groups excluding tert-OH is 2. The third-order valence-corrected chi connectivity index (χ3v) is 8.17. The highest BCUT2D eigenvalue weighted by molar-refractivity contribution is 5.69. The highest BCUT2D eigenvalue weighted by Crippen LogP contribution is 2.14. The second-order valence-electron chi connectivity index (χ2n) is 12.9. The summed E-state index contributed by atoms with van der Waals surface area (Å²) in [7, 11) is 0. The van der Waals surface area contributed by atoms with E-state index in [2.05, 4.69) is 44.2 Å². The monoisotopic (exact) mass is 661 g/mol. The van der Waals surface area contributed by atoms with Gasteiger partial charge in [-0.3, -0.25) is 9.59 Å². The Kier molecular flexibility index (Phi) is 35.0. The minimum Gasteiger partial charge on any atom is -0.463 e. The number of hydrogen-bond donors (Lipinski definition) is 2. The molecule has 2 atom stereocenters. The molecule has 0 aromatic rings. The summed E-state index contributed by atoms with van der Waals surface area (Å²) in [4.78, 5) is 23.9. The fourth-order valence-corrected chi connectivity index (χ4v) is 5.19. The van der Waals surface area contributed by atoms with Gasteiger partial charge in [0.25, 0.3) is 0 Å². The number of esters is 2. The zero-order chi connectivity index (χ0) is 34.5. The van der Waals surface area contributed by atoms with Gasteiger partial charge < -0.3 is 19.7 Å². The van der Waals surface area contributed by atoms with Crippen LogP contribution in [-0.2, 0) is 19.1 Å². The van der Waals surface area contributed by atoms with Gasteiger partial charge >= 0.3 is 11.9 Å². The van der Waals surface area contributed by atoms with Crippen LogP contribution in [0.15, 0.2) is 48.6 Å². The maximum absolute atomic E-state index is 11.9. The lowest BCUT2D eigenvalue weighted by Crippen LogP contribution is -2.25. The van der Waals surface area contributed by atoms with Gasteiger partial charge in [-0.2, -0.15) is 0 Å². The minimum atomic E-state index is -0.997. The van der Waals surface area contributed by atoms with E-state index in [0.29, 0.717) is 12.8 Å². The lowest BCUT2D eigenvalue weighted by molar-refractivity contribution is -0.152. The molecule has 47 heavy (non-hydrogen) atoms. The number of hydrogen-bond acceptors (Lipinski definition) is 6. The van der Waals surface area contributed by atoms with Crippen LogP contribution in [0.5, 0.6) is 0 Å². The lowest BCUT2D eigenvalue weighted by atomic mass is 10.0. The molecule has 2 N–H and O–H groups in total. The molecule has 0 aromatic heterocycles. The third kappa shape index (κ3) is 36.5. The summed E-state index contributed by atoms with van der Waals surface area (Å²) in [6.07, 6.45) is 42.1. The van der Waals surface area contributed by atoms with Crippen LogP contribution in [-0.4, -0.2) is 47.6 Å². The Balaban J connectivity index is 3.58. The lowest BCUT2D eigenvalue weighted by Gasteiger charge is -2.12. The van der Waals surface area contributed by atoms with Crippen molar-refractivity contribution in [2.45, 2.75) is 187 Å². The Morgan fingerprint density at radius 1 is 0.532 bits per heavy atom. The van der Waals surface area contributed by atoms with E-state index in [0.717, 1.165) is 57.8 Å². The Morgan fingerprint density at radius 3 is 1.53 bits per heavy atom. The Bertz CT molecular complexity index is 815. The molecule has 0 saturated carbocycles. The van der Waals surface area contributed by atoms with Crippen molar-refractivity contribution in [3.05, 3.63) is 48.6 Å². The third-order valence-electron chi connectivity index (χ3n) is 8.17. The summed E-state index contributed by atoms with van der Waals surface area (Å²) < 4.78 is 10.3. The highest BCUT2D eigenvalue weighted by Gasteiger charge is 2.12. The summed E-state index contributed by atoms with van der Waals surface area (Å²) in [5.74, 6) is -0.652. The molecule has 0 aliphatic carbocycles. The maximum atomic E-state index is 11.9. The zero-order valence-electron chi connectivity index (χ0n) is 30.4. The SMILES string of the molecule is CCCCCCCCCCCCCCCCCC(=O)OC[C@@H](O)COC(=O)CCC/C=C\C/C=C\C/C=C\C=C\[C@H](O)CCCCC. The molecule has 0 radical (unpaired) electrons. The van der Waals surface area contributed by atoms with E-state index < -0.39 is 6.10 Å². The molecule has 0 heterocycles. The van der Waals surface area contributed by atoms with Gasteiger partial charge in [-0.15, -0.1) is 0 Å². The van der Waals surface area contributed by atoms with Gasteiger partial charge in [0.1, 0.15) is 19.3 Å². The molecule has 0 aliphatic rings. The van der Waals surface area contributed by atoms with Crippen LogP contribution >= 0.6 is 0 Å². The van der Waals surface area contributed by atoms with Crippen LogP contribution in [0.4, 0.5) is 0 Å². The second-order valence-corrected chi connectivity index (χ2v) is 12.9. The largest absolute Gasteiger partial charge is 0.463 e. The topological polar surface area (TPSA) is 93.1 Å². The van der Waals surface area contributed by atoms with Crippen molar-refractivity contribution in [2.75, 3.05) is 13.2 Å². The van der Waals surface area contributed by atoms with Gasteiger partial charge in [0.15, 0.2) is 0 Å². The molecule has 6 heteroatoms. The number of aliphatic hydroxyl groups is 2. The van der Waals surface area contributed by atoms with Gasteiger partial charge in [0.2, 0.25) is 0 Å². The van der Waals surface area contributed by atoms with Crippen LogP contribution in [0.2, 0.25) is 0 Å². The molecule has 0 unspecified atom stereocenters. The van der Waals surface area contributed by atoms with E-state index >= 15 is 0 Å². The first kappa shape index (κ1) is 44.8. The first-order chi connectivity index (χ1) is 23.0. The molecule has 0 bridgehead atoms. The molecule has 0 aromatic carbocycles. The summed E-state index contributed by atoms with van der Waals surface area (Å²) in [6, 6.07) is 0. The van der Waals surface area contributed by atoms with E-state index in [-0.39, 0.29) is 37.7 Å². The smallest absolute Gasteiger partial charge is 0.305 e. The van der Waals surface area contributed by atoms with E-state index in [9.17, 15) is 19.8 Å². The average Bonchev–Trinajstić information content (AvgIpc) is 3.06. The Labute approximate surface area is 289 Å². The first-order valence-electron chi connectivity index (χ1n) is 19.3. The zero-order valence-corrected chi connectivity index (χ0v) is 30.4. The number of carbonyl (C=O) groups is 2. The normalized spacial score (nSPS) is 13.4. The average molecular weight is 661 g/mol. The summed E-state index contributed by atoms with van der Waals surface area (Å²) in [5, 5.41) is 19.8. The van der Waals surface area contributed by atoms with Crippen molar-refractivity contribution < 1.29 is 29.3 Å². The molecular weight excluding hydrogens is 588 g/mol. The number of allylic oxidation sites excluding steroid dienone is 7. The van der Waals surface area contributed by atoms with E-state index in [1.165, 1.54) is 83.5 Å². The molecule has 0 rings (SSSR count). The van der Waals surface area contributed by atoms with Crippen LogP contribution in [0.25, 0.3) is 0 Å². The predicted octanol–water partition coefficient (Wildman–Crippen LogP) is 10.8. The molecule has 0 aliphatic heterocycles. The van der Waals surface area contributed by atoms with Crippen LogP contribution in [0.3, 0.4) is 0 Å². The van der Waals surface area contributed by atoms with Crippen LogP contribution < -0.4 is 0 Å². The van der Waals surface area contributed by atoms with Crippen molar-refractivity contribution in [3.8, 4) is 0 Å². The number of ether oxygens (including phenoxy) is 2. The molecule has 0 saturated heterocycles. The van der Waals surface area contributed by atoms with Crippen molar-refractivity contribution in [3.63, 3.8) is 0 Å². The van der Waals surface area contributed by atoms with Crippen molar-refractivity contribution >= 4 is 11.9 Å². The second kappa shape index (κ2) is 36.7. The quantitative estimate of drug-likeness (QED) is 0.0309.